The van der Waals surface area contributed by atoms with Gasteiger partial charge in [0.1, 0.15) is 0 Å². The van der Waals surface area contributed by atoms with Crippen molar-refractivity contribution in [1.29, 1.82) is 0 Å². The first-order valence-corrected chi connectivity index (χ1v) is 7.44. The molecule has 21 heavy (non-hydrogen) atoms. The molecule has 0 spiro atoms. The number of carbonyl (C=O) groups excluding carboxylic acids is 2. The Bertz CT molecular complexity index is 347. The fourth-order valence-electron chi connectivity index (χ4n) is 2.35. The zero-order chi connectivity index (χ0) is 15.9. The Balaban J connectivity index is 2.14. The van der Waals surface area contributed by atoms with E-state index in [1.54, 1.807) is 0 Å². The fraction of sp³-hybridized carbons (Fsp3) is 0.857. The molecule has 1 saturated heterocycles. The number of nitrogens with zero attached hydrogens (tertiary/aromatic N) is 2. The lowest BCUT2D eigenvalue weighted by molar-refractivity contribution is -0.123. The van der Waals surface area contributed by atoms with E-state index in [9.17, 15) is 14.7 Å². The Morgan fingerprint density at radius 1 is 1.05 bits per heavy atom. The molecule has 1 rings (SSSR count). The highest BCUT2D eigenvalue weighted by molar-refractivity contribution is 5.78. The number of nitrogens with one attached hydrogen (secondary N) is 2. The number of β-amino-alcohol motifs (C(OH)–C–C–N with tert-alkyl or cyclic N) is 1. The van der Waals surface area contributed by atoms with Crippen molar-refractivity contribution in [3.63, 3.8) is 0 Å². The first-order chi connectivity index (χ1) is 9.76. The van der Waals surface area contributed by atoms with Crippen LogP contribution < -0.4 is 10.6 Å². The van der Waals surface area contributed by atoms with E-state index in [0.717, 1.165) is 26.2 Å². The molecule has 0 bridgehead atoms. The van der Waals surface area contributed by atoms with Crippen molar-refractivity contribution in [3.8, 4) is 0 Å². The minimum Gasteiger partial charge on any atom is -0.389 e. The van der Waals surface area contributed by atoms with Crippen molar-refractivity contribution in [2.45, 2.75) is 26.4 Å². The van der Waals surface area contributed by atoms with Crippen molar-refractivity contribution < 1.29 is 14.7 Å². The number of carbonyl (C=O) groups is 2. The molecule has 0 aromatic rings. The summed E-state index contributed by atoms with van der Waals surface area (Å²) in [5.74, 6) is -0.108. The Hall–Kier alpha value is -1.18. The summed E-state index contributed by atoms with van der Waals surface area (Å²) in [6, 6.07) is 0. The summed E-state index contributed by atoms with van der Waals surface area (Å²) >= 11 is 0. The van der Waals surface area contributed by atoms with E-state index in [0.29, 0.717) is 26.2 Å². The first kappa shape index (κ1) is 17.9. The van der Waals surface area contributed by atoms with Gasteiger partial charge >= 0.3 is 0 Å². The van der Waals surface area contributed by atoms with Crippen molar-refractivity contribution in [3.05, 3.63) is 0 Å². The van der Waals surface area contributed by atoms with Gasteiger partial charge in [-0.3, -0.25) is 19.4 Å². The SMILES string of the molecule is CC(=O)NCCNC(=O)CN1CCN(CC(C)(C)O)CC1. The highest BCUT2D eigenvalue weighted by Gasteiger charge is 2.23. The van der Waals surface area contributed by atoms with Crippen LogP contribution in [0, 0.1) is 0 Å². The van der Waals surface area contributed by atoms with Crippen LogP contribution in [0.15, 0.2) is 0 Å². The number of hydrogen-bond acceptors (Lipinski definition) is 5. The standard InChI is InChI=1S/C14H28N4O3/c1-12(19)15-4-5-16-13(20)10-17-6-8-18(9-7-17)11-14(2,3)21/h21H,4-11H2,1-3H3,(H,15,19)(H,16,20). The fourth-order valence-corrected chi connectivity index (χ4v) is 2.35. The smallest absolute Gasteiger partial charge is 0.234 e. The highest BCUT2D eigenvalue weighted by atomic mass is 16.3. The molecule has 2 amide bonds. The van der Waals surface area contributed by atoms with Crippen molar-refractivity contribution >= 4 is 11.8 Å². The molecule has 7 heteroatoms. The van der Waals surface area contributed by atoms with Gasteiger partial charge in [0.25, 0.3) is 0 Å². The van der Waals surface area contributed by atoms with Crippen LogP contribution in [0.4, 0.5) is 0 Å². The van der Waals surface area contributed by atoms with Crippen LogP contribution in [0.5, 0.6) is 0 Å². The largest absolute Gasteiger partial charge is 0.389 e. The molecule has 0 unspecified atom stereocenters. The summed E-state index contributed by atoms with van der Waals surface area (Å²) < 4.78 is 0. The van der Waals surface area contributed by atoms with E-state index in [4.69, 9.17) is 0 Å². The molecule has 1 heterocycles. The van der Waals surface area contributed by atoms with E-state index in [1.165, 1.54) is 6.92 Å². The molecule has 122 valence electrons. The molecule has 1 aliphatic rings. The van der Waals surface area contributed by atoms with Gasteiger partial charge in [-0.2, -0.15) is 0 Å². The molecular formula is C14H28N4O3. The van der Waals surface area contributed by atoms with Crippen molar-refractivity contribution in [1.82, 2.24) is 20.4 Å². The number of amides is 2. The van der Waals surface area contributed by atoms with Gasteiger partial charge in [-0.1, -0.05) is 0 Å². The number of rotatable bonds is 7. The van der Waals surface area contributed by atoms with Gasteiger partial charge in [-0.25, -0.2) is 0 Å². The van der Waals surface area contributed by atoms with Crippen LogP contribution in [0.2, 0.25) is 0 Å². The summed E-state index contributed by atoms with van der Waals surface area (Å²) in [6.07, 6.45) is 0. The molecular weight excluding hydrogens is 272 g/mol. The number of hydrogen-bond donors (Lipinski definition) is 3. The van der Waals surface area contributed by atoms with Gasteiger partial charge in [0, 0.05) is 52.7 Å². The van der Waals surface area contributed by atoms with E-state index >= 15 is 0 Å². The lowest BCUT2D eigenvalue weighted by atomic mass is 10.1. The van der Waals surface area contributed by atoms with Crippen molar-refractivity contribution in [2.75, 3.05) is 52.4 Å². The van der Waals surface area contributed by atoms with Crippen LogP contribution in [0.1, 0.15) is 20.8 Å². The second-order valence-electron chi connectivity index (χ2n) is 6.20. The lowest BCUT2D eigenvalue weighted by Gasteiger charge is -2.36. The van der Waals surface area contributed by atoms with Crippen LogP contribution in [-0.2, 0) is 9.59 Å². The van der Waals surface area contributed by atoms with Gasteiger partial charge in [-0.05, 0) is 13.8 Å². The zero-order valence-corrected chi connectivity index (χ0v) is 13.3. The molecule has 1 fully saturated rings. The first-order valence-electron chi connectivity index (χ1n) is 7.44. The maximum atomic E-state index is 11.7. The molecule has 0 aromatic carbocycles. The minimum absolute atomic E-state index is 0.0173. The van der Waals surface area contributed by atoms with Gasteiger partial charge in [0.2, 0.25) is 11.8 Å². The summed E-state index contributed by atoms with van der Waals surface area (Å²) in [5.41, 5.74) is -0.677. The Morgan fingerprint density at radius 2 is 1.57 bits per heavy atom. The lowest BCUT2D eigenvalue weighted by Crippen LogP contribution is -2.52. The van der Waals surface area contributed by atoms with E-state index in [2.05, 4.69) is 20.4 Å². The Labute approximate surface area is 126 Å². The predicted octanol–water partition coefficient (Wildman–Crippen LogP) is -1.37. The third-order valence-corrected chi connectivity index (χ3v) is 3.26. The molecule has 0 aliphatic carbocycles. The zero-order valence-electron chi connectivity index (χ0n) is 13.3. The maximum absolute atomic E-state index is 11.7. The third kappa shape index (κ3) is 8.64. The van der Waals surface area contributed by atoms with E-state index in [-0.39, 0.29) is 11.8 Å². The monoisotopic (exact) mass is 300 g/mol. The topological polar surface area (TPSA) is 84.9 Å². The molecule has 0 radical (unpaired) electrons. The third-order valence-electron chi connectivity index (χ3n) is 3.26. The second-order valence-corrected chi connectivity index (χ2v) is 6.20. The van der Waals surface area contributed by atoms with Crippen LogP contribution in [0.25, 0.3) is 0 Å². The van der Waals surface area contributed by atoms with Crippen LogP contribution in [0.3, 0.4) is 0 Å². The second kappa shape index (κ2) is 8.31. The summed E-state index contributed by atoms with van der Waals surface area (Å²) in [6.45, 7) is 10.4. The quantitative estimate of drug-likeness (QED) is 0.505. The van der Waals surface area contributed by atoms with Crippen LogP contribution >= 0.6 is 0 Å². The molecule has 0 aromatic heterocycles. The van der Waals surface area contributed by atoms with Gasteiger partial charge < -0.3 is 15.7 Å². The summed E-state index contributed by atoms with van der Waals surface area (Å²) in [7, 11) is 0. The molecule has 1 aliphatic heterocycles. The van der Waals surface area contributed by atoms with Crippen LogP contribution in [-0.4, -0.2) is 84.7 Å². The van der Waals surface area contributed by atoms with Crippen molar-refractivity contribution in [2.24, 2.45) is 0 Å². The average molecular weight is 300 g/mol. The maximum Gasteiger partial charge on any atom is 0.234 e. The predicted molar refractivity (Wildman–Crippen MR) is 80.9 cm³/mol. The van der Waals surface area contributed by atoms with Gasteiger partial charge in [0.05, 0.1) is 12.1 Å². The highest BCUT2D eigenvalue weighted by Crippen LogP contribution is 2.08. The van der Waals surface area contributed by atoms with Gasteiger partial charge in [0.15, 0.2) is 0 Å². The van der Waals surface area contributed by atoms with Gasteiger partial charge in [-0.15, -0.1) is 0 Å². The normalized spacial score (nSPS) is 17.5. The van der Waals surface area contributed by atoms with E-state index < -0.39 is 5.60 Å². The molecule has 0 atom stereocenters. The summed E-state index contributed by atoms with van der Waals surface area (Å²) in [4.78, 5) is 26.7. The average Bonchev–Trinajstić information content (AvgIpc) is 2.35. The number of piperazine rings is 1. The molecule has 0 saturated carbocycles. The molecule has 7 nitrogen and oxygen atoms in total. The van der Waals surface area contributed by atoms with E-state index in [1.807, 2.05) is 13.8 Å². The molecule has 3 N–H and O–H groups in total. The Kier molecular flexibility index (Phi) is 7.07. The minimum atomic E-state index is -0.677. The summed E-state index contributed by atoms with van der Waals surface area (Å²) in [5, 5.41) is 15.2. The number of aliphatic hydroxyl groups is 1. The Morgan fingerprint density at radius 3 is 2.10 bits per heavy atom.